The Bertz CT molecular complexity index is 737. The van der Waals surface area contributed by atoms with E-state index in [0.29, 0.717) is 12.3 Å². The Hall–Kier alpha value is -1.66. The van der Waals surface area contributed by atoms with Crippen molar-refractivity contribution in [1.29, 1.82) is 0 Å². The second-order valence-electron chi connectivity index (χ2n) is 7.84. The summed E-state index contributed by atoms with van der Waals surface area (Å²) >= 11 is 0. The summed E-state index contributed by atoms with van der Waals surface area (Å²) in [6.45, 7) is 6.20. The number of hydrogen-bond acceptors (Lipinski definition) is 2. The molecule has 0 radical (unpaired) electrons. The summed E-state index contributed by atoms with van der Waals surface area (Å²) in [5.41, 5.74) is 0. The van der Waals surface area contributed by atoms with Crippen molar-refractivity contribution in [1.82, 2.24) is 0 Å². The molecule has 1 aliphatic rings. The minimum absolute atomic E-state index is 0.157. The smallest absolute Gasteiger partial charge is 0.149 e. The van der Waals surface area contributed by atoms with Gasteiger partial charge in [0.25, 0.3) is 0 Å². The molecule has 132 valence electrons. The molecular weight excluding hydrogens is 327 g/mol. The minimum Gasteiger partial charge on any atom is -0.313 e. The molecular formula is C22H27O2P. The third-order valence-corrected chi connectivity index (χ3v) is 9.78. The van der Waals surface area contributed by atoms with E-state index in [-0.39, 0.29) is 11.7 Å². The fraction of sp³-hybridized carbons (Fsp3) is 0.409. The van der Waals surface area contributed by atoms with Crippen LogP contribution in [0.3, 0.4) is 0 Å². The first kappa shape index (κ1) is 18.1. The van der Waals surface area contributed by atoms with Gasteiger partial charge in [0, 0.05) is 28.1 Å². The number of hydrogen-bond donors (Lipinski definition) is 0. The fourth-order valence-corrected chi connectivity index (χ4v) is 7.78. The molecule has 0 heterocycles. The van der Waals surface area contributed by atoms with Crippen LogP contribution in [-0.2, 0) is 9.36 Å². The molecule has 0 spiro atoms. The van der Waals surface area contributed by atoms with Crippen LogP contribution in [0.25, 0.3) is 0 Å². The van der Waals surface area contributed by atoms with Gasteiger partial charge in [0.1, 0.15) is 12.9 Å². The molecule has 2 atom stereocenters. The van der Waals surface area contributed by atoms with E-state index >= 15 is 0 Å². The lowest BCUT2D eigenvalue weighted by atomic mass is 9.76. The van der Waals surface area contributed by atoms with Crippen LogP contribution in [0.15, 0.2) is 60.7 Å². The van der Waals surface area contributed by atoms with Crippen molar-refractivity contribution >= 4 is 23.5 Å². The highest BCUT2D eigenvalue weighted by Gasteiger charge is 2.51. The number of carbonyl (C=O) groups excluding carboxylic acids is 1. The summed E-state index contributed by atoms with van der Waals surface area (Å²) in [7, 11) is -2.97. The van der Waals surface area contributed by atoms with Gasteiger partial charge in [-0.2, -0.15) is 0 Å². The second kappa shape index (κ2) is 6.92. The Morgan fingerprint density at radius 2 is 1.36 bits per heavy atom. The first-order valence-electron chi connectivity index (χ1n) is 9.11. The van der Waals surface area contributed by atoms with E-state index in [0.717, 1.165) is 23.5 Å². The summed E-state index contributed by atoms with van der Waals surface area (Å²) in [5, 5.41) is 1.09. The van der Waals surface area contributed by atoms with Crippen molar-refractivity contribution in [2.45, 2.75) is 45.2 Å². The Balaban J connectivity index is 2.15. The zero-order chi connectivity index (χ0) is 18.1. The van der Waals surface area contributed by atoms with E-state index < -0.39 is 12.3 Å². The molecule has 0 aromatic heterocycles. The lowest BCUT2D eigenvalue weighted by molar-refractivity contribution is -0.126. The molecule has 0 saturated heterocycles. The normalized spacial score (nSPS) is 22.0. The Labute approximate surface area is 151 Å². The van der Waals surface area contributed by atoms with Crippen LogP contribution in [-0.4, -0.2) is 10.9 Å². The third kappa shape index (κ3) is 3.13. The van der Waals surface area contributed by atoms with Crippen molar-refractivity contribution in [2.75, 3.05) is 0 Å². The largest absolute Gasteiger partial charge is 0.313 e. The van der Waals surface area contributed by atoms with Crippen LogP contribution in [0.5, 0.6) is 0 Å². The van der Waals surface area contributed by atoms with Gasteiger partial charge < -0.3 is 4.57 Å². The molecule has 2 aromatic carbocycles. The van der Waals surface area contributed by atoms with E-state index in [1.54, 1.807) is 0 Å². The van der Waals surface area contributed by atoms with E-state index in [2.05, 4.69) is 6.92 Å². The van der Waals surface area contributed by atoms with Gasteiger partial charge >= 0.3 is 0 Å². The molecule has 3 rings (SSSR count). The highest BCUT2D eigenvalue weighted by atomic mass is 31.2. The van der Waals surface area contributed by atoms with Gasteiger partial charge in [0.05, 0.1) is 0 Å². The SMILES string of the molecule is CC1CCC(C(C)(C)P(=O)(c2ccccc2)c2ccccc2)C(=O)C1. The molecule has 1 fully saturated rings. The van der Waals surface area contributed by atoms with Crippen LogP contribution >= 0.6 is 7.14 Å². The molecule has 2 nitrogen and oxygen atoms in total. The maximum absolute atomic E-state index is 14.6. The van der Waals surface area contributed by atoms with Gasteiger partial charge in [-0.25, -0.2) is 0 Å². The third-order valence-electron chi connectivity index (χ3n) is 5.79. The van der Waals surface area contributed by atoms with Crippen LogP contribution < -0.4 is 10.6 Å². The Morgan fingerprint density at radius 3 is 1.80 bits per heavy atom. The predicted molar refractivity (Wildman–Crippen MR) is 105 cm³/mol. The van der Waals surface area contributed by atoms with E-state index in [9.17, 15) is 9.36 Å². The van der Waals surface area contributed by atoms with Crippen LogP contribution in [0.2, 0.25) is 0 Å². The highest BCUT2D eigenvalue weighted by molar-refractivity contribution is 7.80. The van der Waals surface area contributed by atoms with Crippen molar-refractivity contribution in [3.05, 3.63) is 60.7 Å². The van der Waals surface area contributed by atoms with Gasteiger partial charge in [-0.15, -0.1) is 0 Å². The maximum Gasteiger partial charge on any atom is 0.149 e. The summed E-state index contributed by atoms with van der Waals surface area (Å²) in [5.74, 6) is 0.554. The van der Waals surface area contributed by atoms with Crippen LogP contribution in [0.4, 0.5) is 0 Å². The van der Waals surface area contributed by atoms with Crippen molar-refractivity contribution in [2.24, 2.45) is 11.8 Å². The van der Waals surface area contributed by atoms with E-state index in [1.807, 2.05) is 74.5 Å². The zero-order valence-electron chi connectivity index (χ0n) is 15.3. The first-order chi connectivity index (χ1) is 11.9. The molecule has 0 aliphatic heterocycles. The number of rotatable bonds is 4. The summed E-state index contributed by atoms with van der Waals surface area (Å²) in [6, 6.07) is 19.4. The molecule has 1 saturated carbocycles. The van der Waals surface area contributed by atoms with Gasteiger partial charge in [0.15, 0.2) is 0 Å². The predicted octanol–water partition coefficient (Wildman–Crippen LogP) is 4.78. The number of Topliss-reactive ketones (excluding diaryl/α,β-unsaturated/α-hetero) is 1. The van der Waals surface area contributed by atoms with Gasteiger partial charge in [-0.3, -0.25) is 4.79 Å². The molecule has 0 bridgehead atoms. The standard InChI is InChI=1S/C22H27O2P/c1-17-14-15-20(21(23)16-17)22(2,3)25(24,18-10-6-4-7-11-18)19-12-8-5-9-13-19/h4-13,17,20H,14-16H2,1-3H3. The molecule has 0 amide bonds. The summed E-state index contributed by atoms with van der Waals surface area (Å²) < 4.78 is 14.6. The summed E-state index contributed by atoms with van der Waals surface area (Å²) in [4.78, 5) is 12.8. The molecule has 2 aromatic rings. The van der Waals surface area contributed by atoms with Crippen molar-refractivity contribution in [3.8, 4) is 0 Å². The topological polar surface area (TPSA) is 34.1 Å². The maximum atomic E-state index is 14.6. The van der Waals surface area contributed by atoms with E-state index in [1.165, 1.54) is 0 Å². The van der Waals surface area contributed by atoms with E-state index in [4.69, 9.17) is 0 Å². The molecule has 2 unspecified atom stereocenters. The van der Waals surface area contributed by atoms with Crippen LogP contribution in [0, 0.1) is 11.8 Å². The monoisotopic (exact) mass is 354 g/mol. The lowest BCUT2D eigenvalue weighted by Crippen LogP contribution is -2.45. The second-order valence-corrected chi connectivity index (χ2v) is 11.2. The van der Waals surface area contributed by atoms with Crippen molar-refractivity contribution in [3.63, 3.8) is 0 Å². The van der Waals surface area contributed by atoms with Gasteiger partial charge in [0.2, 0.25) is 0 Å². The number of carbonyl (C=O) groups is 1. The Morgan fingerprint density at radius 1 is 0.880 bits per heavy atom. The highest BCUT2D eigenvalue weighted by Crippen LogP contribution is 2.60. The molecule has 25 heavy (non-hydrogen) atoms. The zero-order valence-corrected chi connectivity index (χ0v) is 16.2. The van der Waals surface area contributed by atoms with Crippen LogP contribution in [0.1, 0.15) is 40.0 Å². The fourth-order valence-electron chi connectivity index (χ4n) is 4.26. The lowest BCUT2D eigenvalue weighted by Gasteiger charge is -2.43. The average Bonchev–Trinajstić information content (AvgIpc) is 2.62. The Kier molecular flexibility index (Phi) is 5.02. The number of benzene rings is 2. The molecule has 3 heteroatoms. The van der Waals surface area contributed by atoms with Gasteiger partial charge in [-0.05, 0) is 18.8 Å². The minimum atomic E-state index is -2.97. The van der Waals surface area contributed by atoms with Gasteiger partial charge in [-0.1, -0.05) is 81.4 Å². The first-order valence-corrected chi connectivity index (χ1v) is 10.8. The average molecular weight is 354 g/mol. The quantitative estimate of drug-likeness (QED) is 0.740. The summed E-state index contributed by atoms with van der Waals surface area (Å²) in [6.07, 6.45) is 2.47. The molecule has 1 aliphatic carbocycles. The number of ketones is 1. The molecule has 0 N–H and O–H groups in total. The van der Waals surface area contributed by atoms with Crippen molar-refractivity contribution < 1.29 is 9.36 Å².